The zero-order valence-corrected chi connectivity index (χ0v) is 19.0. The van der Waals surface area contributed by atoms with Gasteiger partial charge in [-0.25, -0.2) is 4.99 Å². The fourth-order valence-corrected chi connectivity index (χ4v) is 2.43. The van der Waals surface area contributed by atoms with Gasteiger partial charge in [-0.05, 0) is 37.1 Å². The van der Waals surface area contributed by atoms with Crippen molar-refractivity contribution in [3.05, 3.63) is 70.8 Å². The Kier molecular flexibility index (Phi) is 10.7. The second-order valence-corrected chi connectivity index (χ2v) is 6.38. The maximum absolute atomic E-state index is 11.9. The Labute approximate surface area is 188 Å². The first-order valence-electron chi connectivity index (χ1n) is 9.21. The first-order valence-corrected chi connectivity index (χ1v) is 9.21. The van der Waals surface area contributed by atoms with Gasteiger partial charge < -0.3 is 21.7 Å². The van der Waals surface area contributed by atoms with E-state index in [1.54, 1.807) is 12.1 Å². The van der Waals surface area contributed by atoms with Crippen LogP contribution in [0.5, 0.6) is 0 Å². The summed E-state index contributed by atoms with van der Waals surface area (Å²) in [5, 5.41) is 9.00. The van der Waals surface area contributed by atoms with Crippen LogP contribution in [-0.2, 0) is 17.9 Å². The molecule has 0 heterocycles. The van der Waals surface area contributed by atoms with Gasteiger partial charge in [0, 0.05) is 18.7 Å². The van der Waals surface area contributed by atoms with E-state index in [4.69, 9.17) is 5.73 Å². The van der Waals surface area contributed by atoms with Crippen molar-refractivity contribution in [3.63, 3.8) is 0 Å². The fraction of sp³-hybridized carbons (Fsp3) is 0.286. The largest absolute Gasteiger partial charge is 0.368 e. The minimum Gasteiger partial charge on any atom is -0.368 e. The molecule has 0 atom stereocenters. The Hall–Kier alpha value is -2.62. The number of halogens is 1. The number of benzene rings is 2. The number of aryl methyl sites for hydroxylation is 1. The fourth-order valence-electron chi connectivity index (χ4n) is 2.43. The Morgan fingerprint density at radius 3 is 2.14 bits per heavy atom. The summed E-state index contributed by atoms with van der Waals surface area (Å²) in [5.41, 5.74) is 8.88. The number of hydrogen-bond donors (Lipinski definition) is 4. The topological polar surface area (TPSA) is 109 Å². The Morgan fingerprint density at radius 1 is 0.931 bits per heavy atom. The molecule has 2 amide bonds. The van der Waals surface area contributed by atoms with Crippen LogP contribution in [0.25, 0.3) is 0 Å². The summed E-state index contributed by atoms with van der Waals surface area (Å²) in [4.78, 5) is 27.2. The van der Waals surface area contributed by atoms with Crippen LogP contribution < -0.4 is 21.7 Å². The number of aliphatic imine (C=N–C) groups is 1. The first-order chi connectivity index (χ1) is 13.5. The van der Waals surface area contributed by atoms with Crippen molar-refractivity contribution in [2.45, 2.75) is 26.9 Å². The molecule has 5 N–H and O–H groups in total. The smallest absolute Gasteiger partial charge is 0.251 e. The monoisotopic (exact) mass is 509 g/mol. The van der Waals surface area contributed by atoms with Gasteiger partial charge in [-0.15, -0.1) is 24.0 Å². The standard InChI is InChI=1S/C21H27N5O2.HI/c1-3-23-21(25-12-16-6-4-15(2)5-7-16)26-13-17-8-10-18(11-9-17)20(28)24-14-19(22)27;/h4-11H,3,12-14H2,1-2H3,(H2,22,27)(H,24,28)(H2,23,25,26);1H. The van der Waals surface area contributed by atoms with Gasteiger partial charge in [0.05, 0.1) is 13.1 Å². The summed E-state index contributed by atoms with van der Waals surface area (Å²) < 4.78 is 0. The number of nitrogens with one attached hydrogen (secondary N) is 3. The predicted octanol–water partition coefficient (Wildman–Crippen LogP) is 2.08. The number of guanidine groups is 1. The zero-order valence-electron chi connectivity index (χ0n) is 16.7. The van der Waals surface area contributed by atoms with E-state index >= 15 is 0 Å². The lowest BCUT2D eigenvalue weighted by Crippen LogP contribution is -2.36. The van der Waals surface area contributed by atoms with Gasteiger partial charge in [0.1, 0.15) is 0 Å². The van der Waals surface area contributed by atoms with Crippen LogP contribution in [0.3, 0.4) is 0 Å². The molecule has 0 saturated heterocycles. The highest BCUT2D eigenvalue weighted by Crippen LogP contribution is 2.06. The Morgan fingerprint density at radius 2 is 1.55 bits per heavy atom. The average molecular weight is 509 g/mol. The average Bonchev–Trinajstić information content (AvgIpc) is 2.70. The van der Waals surface area contributed by atoms with Crippen molar-refractivity contribution in [1.82, 2.24) is 16.0 Å². The third-order valence-corrected chi connectivity index (χ3v) is 3.98. The molecule has 8 heteroatoms. The van der Waals surface area contributed by atoms with Crippen molar-refractivity contribution < 1.29 is 9.59 Å². The van der Waals surface area contributed by atoms with Crippen LogP contribution in [-0.4, -0.2) is 30.9 Å². The maximum Gasteiger partial charge on any atom is 0.251 e. The van der Waals surface area contributed by atoms with Crippen LogP contribution >= 0.6 is 24.0 Å². The third kappa shape index (κ3) is 8.95. The molecular formula is C21H28IN5O2. The van der Waals surface area contributed by atoms with Gasteiger partial charge in [0.15, 0.2) is 5.96 Å². The number of amides is 2. The maximum atomic E-state index is 11.9. The number of nitrogens with two attached hydrogens (primary N) is 1. The SMILES string of the molecule is CCNC(=NCc1ccc(C(=O)NCC(N)=O)cc1)NCc1ccc(C)cc1.I. The summed E-state index contributed by atoms with van der Waals surface area (Å²) in [6, 6.07) is 15.4. The number of carbonyl (C=O) groups is 2. The number of primary amides is 1. The van der Waals surface area contributed by atoms with Crippen molar-refractivity contribution in [2.24, 2.45) is 10.7 Å². The van der Waals surface area contributed by atoms with Crippen LogP contribution in [0.4, 0.5) is 0 Å². The number of hydrogen-bond acceptors (Lipinski definition) is 3. The highest BCUT2D eigenvalue weighted by Gasteiger charge is 2.06. The van der Waals surface area contributed by atoms with Crippen molar-refractivity contribution in [1.29, 1.82) is 0 Å². The number of carbonyl (C=O) groups excluding carboxylic acids is 2. The van der Waals surface area contributed by atoms with Gasteiger partial charge in [-0.2, -0.15) is 0 Å². The third-order valence-electron chi connectivity index (χ3n) is 3.98. The lowest BCUT2D eigenvalue weighted by Gasteiger charge is -2.11. The second kappa shape index (κ2) is 12.8. The van der Waals surface area contributed by atoms with E-state index in [-0.39, 0.29) is 36.4 Å². The predicted molar refractivity (Wildman–Crippen MR) is 126 cm³/mol. The highest BCUT2D eigenvalue weighted by atomic mass is 127. The van der Waals surface area contributed by atoms with Gasteiger partial charge >= 0.3 is 0 Å². The Balaban J connectivity index is 0.00000420. The quantitative estimate of drug-likeness (QED) is 0.248. The summed E-state index contributed by atoms with van der Waals surface area (Å²) in [5.74, 6) is -0.179. The van der Waals surface area contributed by atoms with E-state index in [1.165, 1.54) is 11.1 Å². The lowest BCUT2D eigenvalue weighted by atomic mass is 10.1. The Bertz CT molecular complexity index is 820. The van der Waals surface area contributed by atoms with E-state index in [9.17, 15) is 9.59 Å². The van der Waals surface area contributed by atoms with Crippen LogP contribution in [0.1, 0.15) is 34.0 Å². The second-order valence-electron chi connectivity index (χ2n) is 6.38. The van der Waals surface area contributed by atoms with Gasteiger partial charge in [0.25, 0.3) is 5.91 Å². The minimum absolute atomic E-state index is 0. The van der Waals surface area contributed by atoms with E-state index in [1.807, 2.05) is 19.1 Å². The van der Waals surface area contributed by atoms with Crippen LogP contribution in [0.15, 0.2) is 53.5 Å². The van der Waals surface area contributed by atoms with Crippen molar-refractivity contribution in [3.8, 4) is 0 Å². The minimum atomic E-state index is -0.576. The molecule has 0 radical (unpaired) electrons. The van der Waals surface area contributed by atoms with Crippen LogP contribution in [0.2, 0.25) is 0 Å². The number of rotatable bonds is 8. The summed E-state index contributed by atoms with van der Waals surface area (Å²) in [6.07, 6.45) is 0. The molecule has 2 rings (SSSR count). The lowest BCUT2D eigenvalue weighted by molar-refractivity contribution is -0.117. The summed E-state index contributed by atoms with van der Waals surface area (Å²) in [6.45, 7) is 5.83. The molecule has 0 aliphatic heterocycles. The normalized spacial score (nSPS) is 10.6. The van der Waals surface area contributed by atoms with E-state index in [2.05, 4.69) is 52.1 Å². The molecule has 0 aromatic heterocycles. The molecule has 2 aromatic carbocycles. The molecule has 0 aliphatic rings. The molecule has 0 fully saturated rings. The first kappa shape index (κ1) is 24.4. The molecule has 0 bridgehead atoms. The van der Waals surface area contributed by atoms with Gasteiger partial charge in [-0.1, -0.05) is 42.0 Å². The summed E-state index contributed by atoms with van der Waals surface area (Å²) >= 11 is 0. The molecule has 2 aromatic rings. The van der Waals surface area contributed by atoms with Crippen molar-refractivity contribution >= 4 is 41.8 Å². The zero-order chi connectivity index (χ0) is 20.4. The van der Waals surface area contributed by atoms with Crippen molar-refractivity contribution in [2.75, 3.05) is 13.1 Å². The molecule has 0 saturated carbocycles. The number of nitrogens with zero attached hydrogens (tertiary/aromatic N) is 1. The summed E-state index contributed by atoms with van der Waals surface area (Å²) in [7, 11) is 0. The molecular weight excluding hydrogens is 481 g/mol. The molecule has 7 nitrogen and oxygen atoms in total. The molecule has 0 spiro atoms. The molecule has 0 unspecified atom stereocenters. The molecule has 29 heavy (non-hydrogen) atoms. The van der Waals surface area contributed by atoms with E-state index < -0.39 is 5.91 Å². The van der Waals surface area contributed by atoms with Gasteiger partial charge in [0.2, 0.25) is 5.91 Å². The highest BCUT2D eigenvalue weighted by molar-refractivity contribution is 14.0. The van der Waals surface area contributed by atoms with E-state index in [0.717, 1.165) is 18.1 Å². The molecule has 0 aliphatic carbocycles. The van der Waals surface area contributed by atoms with Crippen LogP contribution in [0, 0.1) is 6.92 Å². The van der Waals surface area contributed by atoms with E-state index in [0.29, 0.717) is 18.7 Å². The molecule has 156 valence electrons. The van der Waals surface area contributed by atoms with Gasteiger partial charge in [-0.3, -0.25) is 9.59 Å².